The molecule has 10 heteroatoms. The average molecular weight is 449 g/mol. The van der Waals surface area contributed by atoms with Crippen molar-refractivity contribution in [3.05, 3.63) is 65.0 Å². The van der Waals surface area contributed by atoms with E-state index in [-0.39, 0.29) is 12.2 Å². The number of aromatic carboxylic acids is 1. The summed E-state index contributed by atoms with van der Waals surface area (Å²) in [6.45, 7) is 2.37. The van der Waals surface area contributed by atoms with Crippen molar-refractivity contribution in [1.82, 2.24) is 14.8 Å². The number of rotatable bonds is 5. The first-order valence-electron chi connectivity index (χ1n) is 10.2. The molecule has 0 radical (unpaired) electrons. The van der Waals surface area contributed by atoms with E-state index in [1.54, 1.807) is 12.1 Å². The quantitative estimate of drug-likeness (QED) is 0.748. The molecular formula is C22H22F3N3O4. The predicted octanol–water partition coefficient (Wildman–Crippen LogP) is 3.79. The molecule has 0 aliphatic carbocycles. The Hall–Kier alpha value is -3.14. The molecule has 170 valence electrons. The molecule has 32 heavy (non-hydrogen) atoms. The summed E-state index contributed by atoms with van der Waals surface area (Å²) in [5, 5.41) is 9.08. The molecule has 0 saturated carbocycles. The number of carboxylic acids is 1. The molecule has 1 amide bonds. The summed E-state index contributed by atoms with van der Waals surface area (Å²) in [5.74, 6) is -1.13. The van der Waals surface area contributed by atoms with Crippen molar-refractivity contribution >= 4 is 12.1 Å². The van der Waals surface area contributed by atoms with Crippen molar-refractivity contribution in [3.63, 3.8) is 0 Å². The summed E-state index contributed by atoms with van der Waals surface area (Å²) >= 11 is 0. The van der Waals surface area contributed by atoms with Crippen LogP contribution < -0.4 is 0 Å². The molecule has 1 aromatic heterocycles. The van der Waals surface area contributed by atoms with Crippen LogP contribution in [0.2, 0.25) is 0 Å². The number of piperidine rings is 1. The van der Waals surface area contributed by atoms with Gasteiger partial charge in [0.15, 0.2) is 0 Å². The van der Waals surface area contributed by atoms with Crippen molar-refractivity contribution in [3.8, 4) is 0 Å². The minimum absolute atomic E-state index is 0.0821. The van der Waals surface area contributed by atoms with Gasteiger partial charge in [-0.2, -0.15) is 13.2 Å². The van der Waals surface area contributed by atoms with Crippen LogP contribution in [0.5, 0.6) is 0 Å². The van der Waals surface area contributed by atoms with Crippen LogP contribution >= 0.6 is 0 Å². The maximum atomic E-state index is 12.7. The number of amides is 1. The molecule has 1 aromatic carbocycles. The van der Waals surface area contributed by atoms with Gasteiger partial charge in [-0.1, -0.05) is 18.2 Å². The number of pyridine rings is 1. The van der Waals surface area contributed by atoms with Crippen molar-refractivity contribution < 1.29 is 32.6 Å². The largest absolute Gasteiger partial charge is 0.477 e. The Morgan fingerprint density at radius 1 is 1.09 bits per heavy atom. The predicted molar refractivity (Wildman–Crippen MR) is 107 cm³/mol. The van der Waals surface area contributed by atoms with E-state index in [0.29, 0.717) is 44.7 Å². The molecule has 0 atom stereocenters. The second-order valence-corrected chi connectivity index (χ2v) is 8.20. The van der Waals surface area contributed by atoms with Gasteiger partial charge in [0.1, 0.15) is 11.3 Å². The highest BCUT2D eigenvalue weighted by molar-refractivity contribution is 5.85. The molecule has 2 aliphatic heterocycles. The second kappa shape index (κ2) is 8.42. The van der Waals surface area contributed by atoms with Gasteiger partial charge in [0.25, 0.3) is 0 Å². The summed E-state index contributed by atoms with van der Waals surface area (Å²) in [7, 11) is 0. The first kappa shape index (κ1) is 22.1. The first-order valence-corrected chi connectivity index (χ1v) is 10.2. The maximum absolute atomic E-state index is 12.7. The van der Waals surface area contributed by atoms with E-state index in [4.69, 9.17) is 9.84 Å². The highest BCUT2D eigenvalue weighted by Crippen LogP contribution is 2.34. The zero-order valence-electron chi connectivity index (χ0n) is 17.1. The van der Waals surface area contributed by atoms with Crippen molar-refractivity contribution in [2.75, 3.05) is 19.6 Å². The van der Waals surface area contributed by atoms with Crippen LogP contribution in [0.15, 0.2) is 42.5 Å². The van der Waals surface area contributed by atoms with Gasteiger partial charge in [-0.3, -0.25) is 9.80 Å². The topological polar surface area (TPSA) is 83.0 Å². The Kier molecular flexibility index (Phi) is 5.81. The van der Waals surface area contributed by atoms with E-state index in [0.717, 1.165) is 17.7 Å². The standard InChI is InChI=1S/C22H22F3N3O4/c23-22(24,25)16-6-4-15(5-7-16)12-27-10-8-21(9-11-27)14-28(20(31)32-21)13-17-2-1-3-18(26-17)19(29)30/h1-7H,8-14H2,(H,29,30). The third-order valence-electron chi connectivity index (χ3n) is 5.87. The van der Waals surface area contributed by atoms with Gasteiger partial charge in [-0.15, -0.1) is 0 Å². The average Bonchev–Trinajstić information content (AvgIpc) is 3.04. The molecule has 1 N–H and O–H groups in total. The van der Waals surface area contributed by atoms with Gasteiger partial charge in [0, 0.05) is 32.5 Å². The minimum atomic E-state index is -4.35. The number of ether oxygens (including phenoxy) is 1. The van der Waals surface area contributed by atoms with Gasteiger partial charge in [0.2, 0.25) is 0 Å². The molecule has 0 bridgehead atoms. The minimum Gasteiger partial charge on any atom is -0.477 e. The summed E-state index contributed by atoms with van der Waals surface area (Å²) in [5.41, 5.74) is -0.0958. The third kappa shape index (κ3) is 4.85. The zero-order valence-corrected chi connectivity index (χ0v) is 17.1. The van der Waals surface area contributed by atoms with Crippen LogP contribution in [-0.4, -0.2) is 57.2 Å². The number of alkyl halides is 3. The molecule has 0 unspecified atom stereocenters. The van der Waals surface area contributed by atoms with Crippen molar-refractivity contribution in [2.45, 2.75) is 37.7 Å². The van der Waals surface area contributed by atoms with Crippen molar-refractivity contribution in [1.29, 1.82) is 0 Å². The van der Waals surface area contributed by atoms with Crippen LogP contribution in [0.1, 0.15) is 40.2 Å². The number of hydrogen-bond acceptors (Lipinski definition) is 5. The molecule has 2 saturated heterocycles. The second-order valence-electron chi connectivity index (χ2n) is 8.20. The number of carbonyl (C=O) groups excluding carboxylic acids is 1. The van der Waals surface area contributed by atoms with Gasteiger partial charge in [-0.05, 0) is 29.8 Å². The molecule has 1 spiro atoms. The van der Waals surface area contributed by atoms with Gasteiger partial charge in [0.05, 0.1) is 24.3 Å². The highest BCUT2D eigenvalue weighted by atomic mass is 19.4. The van der Waals surface area contributed by atoms with Crippen LogP contribution in [0, 0.1) is 0 Å². The molecule has 3 heterocycles. The number of carboxylic acid groups (broad SMARTS) is 1. The summed E-state index contributed by atoms with van der Waals surface area (Å²) in [4.78, 5) is 31.2. The Balaban J connectivity index is 1.33. The Labute approximate surface area is 182 Å². The number of hydrogen-bond donors (Lipinski definition) is 1. The molecular weight excluding hydrogens is 427 g/mol. The van der Waals surface area contributed by atoms with E-state index >= 15 is 0 Å². The van der Waals surface area contributed by atoms with E-state index in [1.807, 2.05) is 0 Å². The summed E-state index contributed by atoms with van der Waals surface area (Å²) < 4.78 is 43.8. The lowest BCUT2D eigenvalue weighted by atomic mass is 9.91. The van der Waals surface area contributed by atoms with Crippen LogP contribution in [0.25, 0.3) is 0 Å². The molecule has 2 aliphatic rings. The number of benzene rings is 1. The Bertz CT molecular complexity index is 1000. The smallest absolute Gasteiger partial charge is 0.416 e. The fourth-order valence-corrected chi connectivity index (χ4v) is 4.13. The van der Waals surface area contributed by atoms with Gasteiger partial charge < -0.3 is 9.84 Å². The zero-order chi connectivity index (χ0) is 22.9. The summed E-state index contributed by atoms with van der Waals surface area (Å²) in [6.07, 6.45) is -3.58. The van der Waals surface area contributed by atoms with Crippen LogP contribution in [0.3, 0.4) is 0 Å². The fraction of sp³-hybridized carbons (Fsp3) is 0.409. The van der Waals surface area contributed by atoms with E-state index < -0.39 is 29.4 Å². The van der Waals surface area contributed by atoms with Crippen molar-refractivity contribution in [2.24, 2.45) is 0 Å². The highest BCUT2D eigenvalue weighted by Gasteiger charge is 2.47. The molecule has 7 nitrogen and oxygen atoms in total. The lowest BCUT2D eigenvalue weighted by Gasteiger charge is -2.37. The van der Waals surface area contributed by atoms with Gasteiger partial charge >= 0.3 is 18.2 Å². The van der Waals surface area contributed by atoms with Crippen LogP contribution in [0.4, 0.5) is 18.0 Å². The maximum Gasteiger partial charge on any atom is 0.416 e. The fourth-order valence-electron chi connectivity index (χ4n) is 4.13. The monoisotopic (exact) mass is 449 g/mol. The number of nitrogens with zero attached hydrogens (tertiary/aromatic N) is 3. The summed E-state index contributed by atoms with van der Waals surface area (Å²) in [6, 6.07) is 9.79. The van der Waals surface area contributed by atoms with E-state index in [9.17, 15) is 22.8 Å². The van der Waals surface area contributed by atoms with E-state index in [1.165, 1.54) is 23.1 Å². The van der Waals surface area contributed by atoms with E-state index in [2.05, 4.69) is 9.88 Å². The molecule has 2 fully saturated rings. The Morgan fingerprint density at radius 3 is 2.41 bits per heavy atom. The number of carbonyl (C=O) groups is 2. The van der Waals surface area contributed by atoms with Gasteiger partial charge in [-0.25, -0.2) is 14.6 Å². The molecule has 2 aromatic rings. The van der Waals surface area contributed by atoms with Crippen LogP contribution in [-0.2, 0) is 24.0 Å². The normalized spacial score (nSPS) is 18.7. The lowest BCUT2D eigenvalue weighted by molar-refractivity contribution is -0.137. The lowest BCUT2D eigenvalue weighted by Crippen LogP contribution is -2.46. The number of likely N-dealkylation sites (tertiary alicyclic amines) is 1. The Morgan fingerprint density at radius 2 is 1.78 bits per heavy atom. The molecule has 4 rings (SSSR count). The number of aromatic nitrogens is 1. The number of halogens is 3. The first-order chi connectivity index (χ1) is 15.1. The SMILES string of the molecule is O=C(O)c1cccc(CN2CC3(CCN(Cc4ccc(C(F)(F)F)cc4)CC3)OC2=O)n1. The third-order valence-corrected chi connectivity index (χ3v) is 5.87.